The van der Waals surface area contributed by atoms with Crippen LogP contribution in [0, 0.1) is 5.92 Å². The van der Waals surface area contributed by atoms with Crippen LogP contribution in [0.25, 0.3) is 0 Å². The summed E-state index contributed by atoms with van der Waals surface area (Å²) in [6.07, 6.45) is -7.33. The highest BCUT2D eigenvalue weighted by Gasteiger charge is 2.84. The molecular formula is C18H11F9OS. The van der Waals surface area contributed by atoms with Crippen molar-refractivity contribution in [1.29, 1.82) is 0 Å². The Morgan fingerprint density at radius 2 is 1.45 bits per heavy atom. The van der Waals surface area contributed by atoms with Gasteiger partial charge in [-0.3, -0.25) is 4.79 Å². The summed E-state index contributed by atoms with van der Waals surface area (Å²) in [6.45, 7) is 0. The van der Waals surface area contributed by atoms with Crippen LogP contribution in [0.2, 0.25) is 0 Å². The lowest BCUT2D eigenvalue weighted by atomic mass is 9.69. The Morgan fingerprint density at radius 3 is 2.00 bits per heavy atom. The van der Waals surface area contributed by atoms with E-state index in [1.54, 1.807) is 0 Å². The van der Waals surface area contributed by atoms with E-state index in [9.17, 15) is 44.3 Å². The molecular weight excluding hydrogens is 435 g/mol. The molecule has 0 bridgehead atoms. The Morgan fingerprint density at radius 1 is 0.828 bits per heavy atom. The molecule has 0 saturated carbocycles. The largest absolute Gasteiger partial charge is 0.460 e. The van der Waals surface area contributed by atoms with Crippen molar-refractivity contribution in [3.63, 3.8) is 0 Å². The molecule has 1 aliphatic carbocycles. The summed E-state index contributed by atoms with van der Waals surface area (Å²) in [5.74, 6) is -26.3. The molecule has 2 atom stereocenters. The number of halogens is 9. The molecule has 1 aromatic heterocycles. The van der Waals surface area contributed by atoms with E-state index in [1.165, 1.54) is 35.7 Å². The van der Waals surface area contributed by atoms with E-state index in [2.05, 4.69) is 0 Å². The maximum Gasteiger partial charge on any atom is 0.460 e. The Hall–Kier alpha value is -2.04. The van der Waals surface area contributed by atoms with Gasteiger partial charge >= 0.3 is 23.9 Å². The summed E-state index contributed by atoms with van der Waals surface area (Å²) in [5, 5.41) is 1.39. The molecule has 0 radical (unpaired) electrons. The standard InChI is InChI=1S/C18H11F9OS/c19-15(20,16(21,22)17(23,24)18(25,26)27)13-11(12-6-3-7-29-12)8-9-4-1-2-5-10(9)14(13)28/h1-7,11,13H,8H2. The van der Waals surface area contributed by atoms with Crippen molar-refractivity contribution < 1.29 is 44.3 Å². The van der Waals surface area contributed by atoms with Crippen molar-refractivity contribution in [2.45, 2.75) is 36.3 Å². The molecule has 1 aromatic carbocycles. The zero-order chi connectivity index (χ0) is 21.8. The fourth-order valence-corrected chi connectivity index (χ4v) is 4.28. The van der Waals surface area contributed by atoms with Crippen LogP contribution < -0.4 is 0 Å². The van der Waals surface area contributed by atoms with E-state index in [4.69, 9.17) is 0 Å². The van der Waals surface area contributed by atoms with Crippen molar-refractivity contribution in [3.8, 4) is 0 Å². The number of hydrogen-bond donors (Lipinski definition) is 0. The lowest BCUT2D eigenvalue weighted by Crippen LogP contribution is -2.65. The monoisotopic (exact) mass is 446 g/mol. The molecule has 1 nitrogen and oxygen atoms in total. The topological polar surface area (TPSA) is 17.1 Å². The van der Waals surface area contributed by atoms with Gasteiger partial charge in [-0.15, -0.1) is 11.3 Å². The number of rotatable bonds is 4. The van der Waals surface area contributed by atoms with E-state index in [1.807, 2.05) is 0 Å². The molecule has 1 aliphatic rings. The predicted octanol–water partition coefficient (Wildman–Crippen LogP) is 6.36. The number of fused-ring (bicyclic) bond motifs is 1. The summed E-state index contributed by atoms with van der Waals surface area (Å²) in [6, 6.07) is 7.74. The van der Waals surface area contributed by atoms with Crippen LogP contribution in [-0.4, -0.2) is 29.7 Å². The minimum atomic E-state index is -7.04. The van der Waals surface area contributed by atoms with Gasteiger partial charge in [0.15, 0.2) is 5.78 Å². The van der Waals surface area contributed by atoms with Crippen molar-refractivity contribution in [2.24, 2.45) is 5.92 Å². The second-order valence-corrected chi connectivity index (χ2v) is 7.57. The van der Waals surface area contributed by atoms with E-state index in [0.29, 0.717) is 0 Å². The van der Waals surface area contributed by atoms with Crippen molar-refractivity contribution in [1.82, 2.24) is 0 Å². The van der Waals surface area contributed by atoms with Crippen LogP contribution in [0.3, 0.4) is 0 Å². The van der Waals surface area contributed by atoms with Gasteiger partial charge < -0.3 is 0 Å². The predicted molar refractivity (Wildman–Crippen MR) is 85.9 cm³/mol. The summed E-state index contributed by atoms with van der Waals surface area (Å²) in [7, 11) is 0. The highest BCUT2D eigenvalue weighted by atomic mass is 32.1. The van der Waals surface area contributed by atoms with Crippen LogP contribution >= 0.6 is 11.3 Å². The van der Waals surface area contributed by atoms with Gasteiger partial charge in [0, 0.05) is 16.4 Å². The number of Topliss-reactive ketones (excluding diaryl/α,β-unsaturated/α-hetero) is 1. The van der Waals surface area contributed by atoms with Crippen molar-refractivity contribution in [3.05, 3.63) is 57.8 Å². The molecule has 0 N–H and O–H groups in total. The fraction of sp³-hybridized carbons (Fsp3) is 0.389. The van der Waals surface area contributed by atoms with Gasteiger partial charge in [0.2, 0.25) is 0 Å². The van der Waals surface area contributed by atoms with Crippen molar-refractivity contribution >= 4 is 17.1 Å². The van der Waals surface area contributed by atoms with E-state index >= 15 is 0 Å². The molecule has 0 amide bonds. The maximum absolute atomic E-state index is 14.8. The minimum absolute atomic E-state index is 0.00338. The van der Waals surface area contributed by atoms with Crippen LogP contribution in [0.4, 0.5) is 39.5 Å². The number of carbonyl (C=O) groups excluding carboxylic acids is 1. The number of benzene rings is 1. The van der Waals surface area contributed by atoms with Crippen LogP contribution in [0.1, 0.15) is 26.7 Å². The summed E-state index contributed by atoms with van der Waals surface area (Å²) < 4.78 is 122. The van der Waals surface area contributed by atoms with Gasteiger partial charge in [-0.1, -0.05) is 30.3 Å². The molecule has 0 spiro atoms. The SMILES string of the molecule is O=C1c2ccccc2CC(c2cccs2)C1C(F)(F)C(F)(F)C(F)(F)C(F)(F)F. The zero-order valence-corrected chi connectivity index (χ0v) is 14.9. The third-order valence-electron chi connectivity index (χ3n) is 4.88. The molecule has 0 aliphatic heterocycles. The zero-order valence-electron chi connectivity index (χ0n) is 14.1. The van der Waals surface area contributed by atoms with Crippen LogP contribution in [0.15, 0.2) is 41.8 Å². The summed E-state index contributed by atoms with van der Waals surface area (Å²) in [5.41, 5.74) is -0.190. The Bertz CT molecular complexity index is 902. The quantitative estimate of drug-likeness (QED) is 0.500. The lowest BCUT2D eigenvalue weighted by molar-refractivity contribution is -0.401. The van der Waals surface area contributed by atoms with E-state index in [-0.39, 0.29) is 10.4 Å². The smallest absolute Gasteiger partial charge is 0.294 e. The average Bonchev–Trinajstić information content (AvgIpc) is 3.14. The molecule has 11 heteroatoms. The number of alkyl halides is 9. The molecule has 2 unspecified atom stereocenters. The van der Waals surface area contributed by atoms with Gasteiger partial charge in [-0.2, -0.15) is 39.5 Å². The molecule has 158 valence electrons. The van der Waals surface area contributed by atoms with Gasteiger partial charge in [0.1, 0.15) is 5.92 Å². The second kappa shape index (κ2) is 6.75. The average molecular weight is 446 g/mol. The van der Waals surface area contributed by atoms with Gasteiger partial charge in [-0.25, -0.2) is 0 Å². The van der Waals surface area contributed by atoms with E-state index in [0.717, 1.165) is 17.4 Å². The van der Waals surface area contributed by atoms with Gasteiger partial charge in [0.25, 0.3) is 0 Å². The molecule has 0 fully saturated rings. The number of hydrogen-bond acceptors (Lipinski definition) is 2. The highest BCUT2D eigenvalue weighted by Crippen LogP contribution is 2.59. The van der Waals surface area contributed by atoms with Gasteiger partial charge in [0.05, 0.1) is 0 Å². The highest BCUT2D eigenvalue weighted by molar-refractivity contribution is 7.10. The third-order valence-corrected chi connectivity index (χ3v) is 5.88. The normalized spacial score (nSPS) is 21.2. The number of carbonyl (C=O) groups is 1. The van der Waals surface area contributed by atoms with Gasteiger partial charge in [-0.05, 0) is 23.4 Å². The first-order chi connectivity index (χ1) is 13.2. The van der Waals surface area contributed by atoms with Crippen molar-refractivity contribution in [2.75, 3.05) is 0 Å². The van der Waals surface area contributed by atoms with Crippen LogP contribution in [0.5, 0.6) is 0 Å². The minimum Gasteiger partial charge on any atom is -0.294 e. The molecule has 1 heterocycles. The van der Waals surface area contributed by atoms with E-state index < -0.39 is 53.5 Å². The number of thiophene rings is 1. The summed E-state index contributed by atoms with van der Waals surface area (Å²) >= 11 is 0.810. The maximum atomic E-state index is 14.8. The fourth-order valence-electron chi connectivity index (χ4n) is 3.41. The Balaban J connectivity index is 2.18. The molecule has 29 heavy (non-hydrogen) atoms. The first-order valence-corrected chi connectivity index (χ1v) is 8.97. The van der Waals surface area contributed by atoms with Crippen LogP contribution in [-0.2, 0) is 6.42 Å². The number of ketones is 1. The molecule has 0 saturated heterocycles. The first kappa shape index (κ1) is 21.7. The Labute approximate surface area is 162 Å². The summed E-state index contributed by atoms with van der Waals surface area (Å²) in [4.78, 5) is 12.7. The lowest BCUT2D eigenvalue weighted by Gasteiger charge is -2.41. The molecule has 2 aromatic rings. The Kier molecular flexibility index (Phi) is 5.04. The first-order valence-electron chi connectivity index (χ1n) is 8.09. The second-order valence-electron chi connectivity index (χ2n) is 6.59. The third kappa shape index (κ3) is 3.13. The molecule has 3 rings (SSSR count).